The van der Waals surface area contributed by atoms with Gasteiger partial charge in [-0.2, -0.15) is 15.1 Å². The van der Waals surface area contributed by atoms with Crippen molar-refractivity contribution in [2.75, 3.05) is 57.6 Å². The zero-order chi connectivity index (χ0) is 29.9. The number of carbonyl (C=O) groups is 1. The fraction of sp³-hybridized carbons (Fsp3) is 0.414. The van der Waals surface area contributed by atoms with Gasteiger partial charge >= 0.3 is 6.01 Å². The van der Waals surface area contributed by atoms with Gasteiger partial charge in [-0.3, -0.25) is 14.8 Å². The number of amides is 1. The van der Waals surface area contributed by atoms with E-state index < -0.39 is 5.82 Å². The number of piperazine rings is 1. The summed E-state index contributed by atoms with van der Waals surface area (Å²) in [7, 11) is 0. The lowest BCUT2D eigenvalue weighted by Gasteiger charge is -2.35. The Hall–Kier alpha value is -4.07. The molecular formula is C29H32ClFN8O4. The number of aromatic amines is 1. The maximum Gasteiger partial charge on any atom is 0.319 e. The number of hydrogen-bond donors (Lipinski definition) is 1. The van der Waals surface area contributed by atoms with Crippen molar-refractivity contribution in [2.45, 2.75) is 25.8 Å². The highest BCUT2D eigenvalue weighted by Crippen LogP contribution is 2.40. The van der Waals surface area contributed by atoms with Crippen LogP contribution in [0.4, 0.5) is 10.2 Å². The highest BCUT2D eigenvalue weighted by molar-refractivity contribution is 6.33. The Labute approximate surface area is 252 Å². The second-order valence-corrected chi connectivity index (χ2v) is 10.9. The topological polar surface area (TPSA) is 122 Å². The first-order valence-electron chi connectivity index (χ1n) is 14.1. The fourth-order valence-electron chi connectivity index (χ4n) is 5.52. The van der Waals surface area contributed by atoms with Gasteiger partial charge in [0, 0.05) is 51.9 Å². The number of likely N-dealkylation sites (tertiary alicyclic amines) is 1. The van der Waals surface area contributed by atoms with Crippen molar-refractivity contribution >= 4 is 45.1 Å². The van der Waals surface area contributed by atoms with Crippen LogP contribution in [-0.2, 0) is 9.53 Å². The first-order valence-corrected chi connectivity index (χ1v) is 14.5. The molecule has 2 fully saturated rings. The number of halogens is 2. The molecule has 43 heavy (non-hydrogen) atoms. The van der Waals surface area contributed by atoms with Crippen LogP contribution >= 0.6 is 11.6 Å². The van der Waals surface area contributed by atoms with Crippen molar-refractivity contribution in [3.63, 3.8) is 0 Å². The van der Waals surface area contributed by atoms with Gasteiger partial charge in [-0.05, 0) is 18.9 Å². The molecule has 0 unspecified atom stereocenters. The molecule has 1 aromatic carbocycles. The van der Waals surface area contributed by atoms with Crippen molar-refractivity contribution < 1.29 is 23.4 Å². The summed E-state index contributed by atoms with van der Waals surface area (Å²) in [4.78, 5) is 32.2. The molecule has 0 bridgehead atoms. The molecule has 2 aliphatic rings. The standard InChI is InChI=1S/C29H32ClFN8O4/c1-3-13-41-17-37-9-11-38(12-10-37)27-20-6-7-32-28(43-26-21-15-33-36-23(21)14-22(31)24(26)30)25(20)34-29(35-27)42-16-19-5-4-8-39(19)18(2)40/h3,6-7,14-15,19H,1,4-5,8-13,16-17H2,2H3,(H,33,36)/t19-/m1/s1. The number of ether oxygens (including phenoxy) is 3. The molecule has 12 nitrogen and oxygen atoms in total. The van der Waals surface area contributed by atoms with Gasteiger partial charge in [0.25, 0.3) is 0 Å². The number of aromatic nitrogens is 5. The minimum Gasteiger partial charge on any atom is -0.461 e. The molecule has 5 heterocycles. The Kier molecular flexibility index (Phi) is 8.54. The molecule has 0 spiro atoms. The van der Waals surface area contributed by atoms with E-state index in [4.69, 9.17) is 35.8 Å². The number of rotatable bonds is 10. The third kappa shape index (κ3) is 6.05. The van der Waals surface area contributed by atoms with Crippen molar-refractivity contribution in [3.8, 4) is 17.6 Å². The molecule has 3 aromatic heterocycles. The highest BCUT2D eigenvalue weighted by atomic mass is 35.5. The van der Waals surface area contributed by atoms with Crippen molar-refractivity contribution in [2.24, 2.45) is 0 Å². The van der Waals surface area contributed by atoms with Crippen LogP contribution in [0.2, 0.25) is 5.02 Å². The van der Waals surface area contributed by atoms with E-state index in [9.17, 15) is 9.18 Å². The minimum absolute atomic E-state index is 0.0126. The molecule has 0 aliphatic carbocycles. The van der Waals surface area contributed by atoms with Crippen LogP contribution in [0.15, 0.2) is 37.2 Å². The Morgan fingerprint density at radius 1 is 1.23 bits per heavy atom. The molecule has 6 rings (SSSR count). The number of hydrogen-bond acceptors (Lipinski definition) is 10. The van der Waals surface area contributed by atoms with Gasteiger partial charge in [0.05, 0.1) is 41.9 Å². The van der Waals surface area contributed by atoms with Crippen LogP contribution in [0.25, 0.3) is 21.8 Å². The Morgan fingerprint density at radius 3 is 2.86 bits per heavy atom. The average Bonchev–Trinajstić information content (AvgIpc) is 3.68. The maximum absolute atomic E-state index is 14.7. The molecule has 2 saturated heterocycles. The Balaban J connectivity index is 1.35. The molecule has 1 N–H and O–H groups in total. The SMILES string of the molecule is C=CCOCN1CCN(c2nc(OC[C@H]3CCCN3C(C)=O)nc3c(Oc4c(Cl)c(F)cc5[nH]ncc45)nccc23)CC1. The third-order valence-electron chi connectivity index (χ3n) is 7.70. The van der Waals surface area contributed by atoms with Crippen LogP contribution in [0.3, 0.4) is 0 Å². The van der Waals surface area contributed by atoms with Gasteiger partial charge in [0.2, 0.25) is 11.8 Å². The van der Waals surface area contributed by atoms with E-state index in [0.717, 1.165) is 25.9 Å². The van der Waals surface area contributed by atoms with Crippen LogP contribution < -0.4 is 14.4 Å². The maximum atomic E-state index is 14.7. The fourth-order valence-corrected chi connectivity index (χ4v) is 5.72. The first kappa shape index (κ1) is 29.0. The lowest BCUT2D eigenvalue weighted by atomic mass is 10.2. The van der Waals surface area contributed by atoms with Gasteiger partial charge in [0.1, 0.15) is 28.8 Å². The summed E-state index contributed by atoms with van der Waals surface area (Å²) in [5, 5.41) is 7.73. The second-order valence-electron chi connectivity index (χ2n) is 10.5. The smallest absolute Gasteiger partial charge is 0.319 e. The monoisotopic (exact) mass is 610 g/mol. The number of anilines is 1. The van der Waals surface area contributed by atoms with E-state index in [1.807, 2.05) is 11.0 Å². The average molecular weight is 611 g/mol. The third-order valence-corrected chi connectivity index (χ3v) is 8.05. The normalized spacial score (nSPS) is 17.6. The van der Waals surface area contributed by atoms with Gasteiger partial charge < -0.3 is 24.0 Å². The van der Waals surface area contributed by atoms with E-state index in [0.29, 0.717) is 60.6 Å². The summed E-state index contributed by atoms with van der Waals surface area (Å²) in [5.41, 5.74) is 0.809. The molecule has 0 saturated carbocycles. The molecule has 14 heteroatoms. The summed E-state index contributed by atoms with van der Waals surface area (Å²) in [6.45, 7) is 10.1. The number of benzene rings is 1. The molecule has 4 aromatic rings. The van der Waals surface area contributed by atoms with Crippen molar-refractivity contribution in [1.82, 2.24) is 34.9 Å². The molecule has 1 atom stereocenters. The lowest BCUT2D eigenvalue weighted by molar-refractivity contribution is -0.130. The zero-order valence-electron chi connectivity index (χ0n) is 23.8. The van der Waals surface area contributed by atoms with Crippen LogP contribution in [-0.4, -0.2) is 99.6 Å². The van der Waals surface area contributed by atoms with E-state index >= 15 is 0 Å². The van der Waals surface area contributed by atoms with Gasteiger partial charge in [-0.15, -0.1) is 6.58 Å². The lowest BCUT2D eigenvalue weighted by Crippen LogP contribution is -2.47. The van der Waals surface area contributed by atoms with Gasteiger partial charge in [-0.25, -0.2) is 9.37 Å². The summed E-state index contributed by atoms with van der Waals surface area (Å²) in [5.74, 6) is 0.202. The summed E-state index contributed by atoms with van der Waals surface area (Å²) in [6, 6.07) is 3.14. The number of fused-ring (bicyclic) bond motifs is 2. The number of nitrogens with one attached hydrogen (secondary N) is 1. The summed E-state index contributed by atoms with van der Waals surface area (Å²) >= 11 is 6.35. The quantitative estimate of drug-likeness (QED) is 0.207. The van der Waals surface area contributed by atoms with E-state index in [-0.39, 0.29) is 41.2 Å². The van der Waals surface area contributed by atoms with Crippen LogP contribution in [0.1, 0.15) is 19.8 Å². The molecule has 2 aliphatic heterocycles. The van der Waals surface area contributed by atoms with Crippen LogP contribution in [0.5, 0.6) is 17.6 Å². The van der Waals surface area contributed by atoms with E-state index in [1.165, 1.54) is 12.3 Å². The number of nitrogens with zero attached hydrogens (tertiary/aromatic N) is 7. The molecular weight excluding hydrogens is 579 g/mol. The molecule has 1 amide bonds. The Morgan fingerprint density at radius 2 is 2.07 bits per heavy atom. The van der Waals surface area contributed by atoms with E-state index in [1.54, 1.807) is 19.2 Å². The summed E-state index contributed by atoms with van der Waals surface area (Å²) in [6.07, 6.45) is 6.58. The van der Waals surface area contributed by atoms with E-state index in [2.05, 4.69) is 31.6 Å². The number of carbonyl (C=O) groups excluding carboxylic acids is 1. The van der Waals surface area contributed by atoms with Crippen LogP contribution in [0, 0.1) is 5.82 Å². The zero-order valence-corrected chi connectivity index (χ0v) is 24.5. The molecule has 226 valence electrons. The largest absolute Gasteiger partial charge is 0.461 e. The number of H-pyrrole nitrogens is 1. The van der Waals surface area contributed by atoms with Gasteiger partial charge in [-0.1, -0.05) is 17.7 Å². The highest BCUT2D eigenvalue weighted by Gasteiger charge is 2.28. The predicted octanol–water partition coefficient (Wildman–Crippen LogP) is 4.16. The Bertz CT molecular complexity index is 1640. The predicted molar refractivity (Wildman–Crippen MR) is 159 cm³/mol. The summed E-state index contributed by atoms with van der Waals surface area (Å²) < 4.78 is 32.6. The van der Waals surface area contributed by atoms with Gasteiger partial charge in [0.15, 0.2) is 5.75 Å². The number of pyridine rings is 1. The van der Waals surface area contributed by atoms with Crippen molar-refractivity contribution in [1.29, 1.82) is 0 Å². The first-order chi connectivity index (χ1) is 20.9. The van der Waals surface area contributed by atoms with Crippen molar-refractivity contribution in [3.05, 3.63) is 48.0 Å². The molecule has 0 radical (unpaired) electrons. The minimum atomic E-state index is -0.658. The second kappa shape index (κ2) is 12.7.